The van der Waals surface area contributed by atoms with Crippen molar-refractivity contribution in [3.63, 3.8) is 0 Å². The van der Waals surface area contributed by atoms with E-state index < -0.39 is 9.84 Å². The van der Waals surface area contributed by atoms with Crippen LogP contribution >= 0.6 is 0 Å². The van der Waals surface area contributed by atoms with E-state index in [9.17, 15) is 8.42 Å². The van der Waals surface area contributed by atoms with Crippen molar-refractivity contribution in [1.29, 1.82) is 0 Å². The molecule has 0 bridgehead atoms. The van der Waals surface area contributed by atoms with Crippen molar-refractivity contribution in [1.82, 2.24) is 9.97 Å². The first kappa shape index (κ1) is 11.5. The van der Waals surface area contributed by atoms with Gasteiger partial charge in [0.15, 0.2) is 9.84 Å². The molecule has 1 aromatic heterocycles. The Morgan fingerprint density at radius 2 is 2.06 bits per heavy atom. The molecule has 0 aliphatic carbocycles. The molecule has 2 N–H and O–H groups in total. The fourth-order valence-corrected chi connectivity index (χ4v) is 3.61. The highest BCUT2D eigenvalue weighted by Gasteiger charge is 2.30. The zero-order chi connectivity index (χ0) is 11.6. The number of nitrogens with two attached hydrogens (primary N) is 1. The molecule has 0 aromatic carbocycles. The Balaban J connectivity index is 2.11. The smallest absolute Gasteiger partial charge is 0.151 e. The van der Waals surface area contributed by atoms with Gasteiger partial charge in [0.1, 0.15) is 5.82 Å². The lowest BCUT2D eigenvalue weighted by Crippen LogP contribution is -2.09. The van der Waals surface area contributed by atoms with E-state index in [0.29, 0.717) is 18.8 Å². The van der Waals surface area contributed by atoms with Gasteiger partial charge >= 0.3 is 0 Å². The van der Waals surface area contributed by atoms with Crippen LogP contribution in [0.25, 0.3) is 0 Å². The maximum Gasteiger partial charge on any atom is 0.151 e. The third-order valence-corrected chi connectivity index (χ3v) is 4.52. The molecule has 6 heteroatoms. The van der Waals surface area contributed by atoms with E-state index in [4.69, 9.17) is 5.73 Å². The normalized spacial score (nSPS) is 23.4. The summed E-state index contributed by atoms with van der Waals surface area (Å²) in [6, 6.07) is 0. The van der Waals surface area contributed by atoms with Gasteiger partial charge in [-0.3, -0.25) is 0 Å². The molecule has 0 radical (unpaired) electrons. The SMILES string of the molecule is NCCc1cnc(C2CCS(=O)(=O)C2)nc1. The van der Waals surface area contributed by atoms with Gasteiger partial charge in [-0.2, -0.15) is 0 Å². The van der Waals surface area contributed by atoms with Crippen molar-refractivity contribution in [2.24, 2.45) is 5.73 Å². The molecule has 5 nitrogen and oxygen atoms in total. The number of sulfone groups is 1. The molecule has 16 heavy (non-hydrogen) atoms. The van der Waals surface area contributed by atoms with Gasteiger partial charge in [-0.05, 0) is 24.9 Å². The predicted octanol–water partition coefficient (Wildman–Crippen LogP) is -0.120. The number of rotatable bonds is 3. The Kier molecular flexibility index (Phi) is 3.20. The molecule has 1 aliphatic heterocycles. The minimum Gasteiger partial charge on any atom is -0.330 e. The first-order chi connectivity index (χ1) is 7.61. The quantitative estimate of drug-likeness (QED) is 0.797. The van der Waals surface area contributed by atoms with Gasteiger partial charge in [-0.25, -0.2) is 18.4 Å². The molecule has 1 aromatic rings. The zero-order valence-corrected chi connectivity index (χ0v) is 9.78. The van der Waals surface area contributed by atoms with Gasteiger partial charge in [0.2, 0.25) is 0 Å². The summed E-state index contributed by atoms with van der Waals surface area (Å²) in [5.74, 6) is 1.05. The van der Waals surface area contributed by atoms with Crippen LogP contribution in [0.4, 0.5) is 0 Å². The van der Waals surface area contributed by atoms with Gasteiger partial charge in [0.25, 0.3) is 0 Å². The second-order valence-corrected chi connectivity index (χ2v) is 6.32. The molecule has 1 fully saturated rings. The van der Waals surface area contributed by atoms with E-state index in [0.717, 1.165) is 12.0 Å². The second kappa shape index (κ2) is 4.47. The maximum atomic E-state index is 11.3. The first-order valence-electron chi connectivity index (χ1n) is 5.32. The van der Waals surface area contributed by atoms with Crippen molar-refractivity contribution in [2.75, 3.05) is 18.1 Å². The number of aromatic nitrogens is 2. The lowest BCUT2D eigenvalue weighted by Gasteiger charge is -2.06. The van der Waals surface area contributed by atoms with Crippen LogP contribution in [0.2, 0.25) is 0 Å². The molecule has 0 spiro atoms. The molecular formula is C10H15N3O2S. The van der Waals surface area contributed by atoms with Crippen molar-refractivity contribution >= 4 is 9.84 Å². The van der Waals surface area contributed by atoms with Crippen LogP contribution in [0, 0.1) is 0 Å². The van der Waals surface area contributed by atoms with Crippen molar-refractivity contribution in [3.05, 3.63) is 23.8 Å². The van der Waals surface area contributed by atoms with E-state index in [1.54, 1.807) is 12.4 Å². The highest BCUT2D eigenvalue weighted by atomic mass is 32.2. The largest absolute Gasteiger partial charge is 0.330 e. The minimum absolute atomic E-state index is 0.0306. The second-order valence-electron chi connectivity index (χ2n) is 4.09. The highest BCUT2D eigenvalue weighted by molar-refractivity contribution is 7.91. The fraction of sp³-hybridized carbons (Fsp3) is 0.600. The van der Waals surface area contributed by atoms with Crippen LogP contribution in [0.5, 0.6) is 0 Å². The summed E-state index contributed by atoms with van der Waals surface area (Å²) in [5, 5.41) is 0. The molecule has 2 rings (SSSR count). The van der Waals surface area contributed by atoms with Crippen molar-refractivity contribution in [2.45, 2.75) is 18.8 Å². The van der Waals surface area contributed by atoms with Gasteiger partial charge in [-0.15, -0.1) is 0 Å². The average Bonchev–Trinajstić information content (AvgIpc) is 2.61. The fourth-order valence-electron chi connectivity index (χ4n) is 1.87. The number of hydrogen-bond donors (Lipinski definition) is 1. The monoisotopic (exact) mass is 241 g/mol. The Labute approximate surface area is 95.0 Å². The Hall–Kier alpha value is -1.01. The summed E-state index contributed by atoms with van der Waals surface area (Å²) in [4.78, 5) is 8.43. The molecule has 0 amide bonds. The highest BCUT2D eigenvalue weighted by Crippen LogP contribution is 2.25. The van der Waals surface area contributed by atoms with Crippen LogP contribution in [0.1, 0.15) is 23.7 Å². The van der Waals surface area contributed by atoms with Gasteiger partial charge in [0.05, 0.1) is 11.5 Å². The van der Waals surface area contributed by atoms with E-state index in [1.165, 1.54) is 0 Å². The van der Waals surface area contributed by atoms with E-state index >= 15 is 0 Å². The molecule has 88 valence electrons. The van der Waals surface area contributed by atoms with Crippen LogP contribution in [0.3, 0.4) is 0 Å². The van der Waals surface area contributed by atoms with Crippen LogP contribution < -0.4 is 5.73 Å². The van der Waals surface area contributed by atoms with Crippen molar-refractivity contribution < 1.29 is 8.42 Å². The Morgan fingerprint density at radius 1 is 1.38 bits per heavy atom. The van der Waals surface area contributed by atoms with E-state index in [1.807, 2.05) is 0 Å². The minimum atomic E-state index is -2.86. The molecule has 1 saturated heterocycles. The summed E-state index contributed by atoms with van der Waals surface area (Å²) in [6.07, 6.45) is 4.86. The summed E-state index contributed by atoms with van der Waals surface area (Å²) in [7, 11) is -2.86. The molecule has 1 aliphatic rings. The third-order valence-electron chi connectivity index (χ3n) is 2.76. The summed E-state index contributed by atoms with van der Waals surface area (Å²) < 4.78 is 22.6. The van der Waals surface area contributed by atoms with Gasteiger partial charge in [0, 0.05) is 18.3 Å². The lowest BCUT2D eigenvalue weighted by molar-refractivity contribution is 0.601. The van der Waals surface area contributed by atoms with E-state index in [2.05, 4.69) is 9.97 Å². The average molecular weight is 241 g/mol. The van der Waals surface area contributed by atoms with E-state index in [-0.39, 0.29) is 17.4 Å². The molecule has 1 atom stereocenters. The first-order valence-corrected chi connectivity index (χ1v) is 7.14. The van der Waals surface area contributed by atoms with Crippen LogP contribution in [-0.2, 0) is 16.3 Å². The topological polar surface area (TPSA) is 85.9 Å². The molecule has 1 unspecified atom stereocenters. The number of hydrogen-bond acceptors (Lipinski definition) is 5. The van der Waals surface area contributed by atoms with Crippen LogP contribution in [-0.4, -0.2) is 36.4 Å². The Bertz CT molecular complexity index is 455. The summed E-state index contributed by atoms with van der Waals surface area (Å²) in [5.41, 5.74) is 6.41. The van der Waals surface area contributed by atoms with Gasteiger partial charge in [-0.1, -0.05) is 0 Å². The molecule has 2 heterocycles. The Morgan fingerprint density at radius 3 is 2.56 bits per heavy atom. The van der Waals surface area contributed by atoms with Crippen LogP contribution in [0.15, 0.2) is 12.4 Å². The predicted molar refractivity (Wildman–Crippen MR) is 60.8 cm³/mol. The van der Waals surface area contributed by atoms with Crippen molar-refractivity contribution in [3.8, 4) is 0 Å². The standard InChI is InChI=1S/C10H15N3O2S/c11-3-1-8-5-12-10(13-6-8)9-2-4-16(14,15)7-9/h5-6,9H,1-4,7,11H2. The van der Waals surface area contributed by atoms with Gasteiger partial charge < -0.3 is 5.73 Å². The lowest BCUT2D eigenvalue weighted by atomic mass is 10.1. The summed E-state index contributed by atoms with van der Waals surface area (Å²) in [6.45, 7) is 0.570. The summed E-state index contributed by atoms with van der Waals surface area (Å²) >= 11 is 0. The maximum absolute atomic E-state index is 11.3. The third kappa shape index (κ3) is 2.56. The molecular weight excluding hydrogens is 226 g/mol. The molecule has 0 saturated carbocycles. The zero-order valence-electron chi connectivity index (χ0n) is 8.96. The number of nitrogens with zero attached hydrogens (tertiary/aromatic N) is 2.